The van der Waals surface area contributed by atoms with Crippen molar-refractivity contribution in [2.45, 2.75) is 5.75 Å². The lowest BCUT2D eigenvalue weighted by Crippen LogP contribution is -2.25. The standard InChI is InChI=1S/C14H17N3OS/c1-17-10-13(9-16-17)14(18)15-7-8-19-11-12-5-3-2-4-6-12/h2-6,9-10H,7-8,11H2,1H3,(H,15,18). The summed E-state index contributed by atoms with van der Waals surface area (Å²) in [4.78, 5) is 11.7. The number of amides is 1. The number of carbonyl (C=O) groups excluding carboxylic acids is 1. The van der Waals surface area contributed by atoms with Gasteiger partial charge in [-0.1, -0.05) is 30.3 Å². The van der Waals surface area contributed by atoms with Crippen LogP contribution in [0.15, 0.2) is 42.7 Å². The molecule has 0 aliphatic heterocycles. The first-order valence-corrected chi connectivity index (χ1v) is 7.29. The van der Waals surface area contributed by atoms with E-state index in [0.29, 0.717) is 12.1 Å². The maximum absolute atomic E-state index is 11.7. The van der Waals surface area contributed by atoms with Gasteiger partial charge in [-0.25, -0.2) is 0 Å². The fraction of sp³-hybridized carbons (Fsp3) is 0.286. The van der Waals surface area contributed by atoms with E-state index in [1.165, 1.54) is 5.56 Å². The minimum absolute atomic E-state index is 0.0617. The zero-order valence-electron chi connectivity index (χ0n) is 10.9. The molecule has 0 radical (unpaired) electrons. The fourth-order valence-electron chi connectivity index (χ4n) is 1.64. The molecule has 0 saturated heterocycles. The van der Waals surface area contributed by atoms with Crippen molar-refractivity contribution in [1.29, 1.82) is 0 Å². The normalized spacial score (nSPS) is 10.4. The third kappa shape index (κ3) is 4.44. The predicted molar refractivity (Wildman–Crippen MR) is 78.1 cm³/mol. The average molecular weight is 275 g/mol. The van der Waals surface area contributed by atoms with Gasteiger partial charge in [-0.15, -0.1) is 0 Å². The second-order valence-corrected chi connectivity index (χ2v) is 5.30. The minimum Gasteiger partial charge on any atom is -0.351 e. The lowest BCUT2D eigenvalue weighted by Gasteiger charge is -2.04. The first-order chi connectivity index (χ1) is 9.25. The quantitative estimate of drug-likeness (QED) is 0.821. The van der Waals surface area contributed by atoms with Crippen molar-refractivity contribution < 1.29 is 4.79 Å². The van der Waals surface area contributed by atoms with Crippen molar-refractivity contribution in [3.05, 3.63) is 53.9 Å². The van der Waals surface area contributed by atoms with Gasteiger partial charge in [0.05, 0.1) is 11.8 Å². The van der Waals surface area contributed by atoms with Crippen molar-refractivity contribution >= 4 is 17.7 Å². The first kappa shape index (κ1) is 13.7. The smallest absolute Gasteiger partial charge is 0.254 e. The Morgan fingerprint density at radius 2 is 2.16 bits per heavy atom. The SMILES string of the molecule is Cn1cc(C(=O)NCCSCc2ccccc2)cn1. The van der Waals surface area contributed by atoms with Crippen LogP contribution >= 0.6 is 11.8 Å². The summed E-state index contributed by atoms with van der Waals surface area (Å²) in [6, 6.07) is 10.3. The van der Waals surface area contributed by atoms with Crippen molar-refractivity contribution in [2.75, 3.05) is 12.3 Å². The molecule has 1 heterocycles. The summed E-state index contributed by atoms with van der Waals surface area (Å²) in [6.45, 7) is 0.672. The Balaban J connectivity index is 1.63. The Bertz CT molecular complexity index is 524. The third-order valence-corrected chi connectivity index (χ3v) is 3.64. The highest BCUT2D eigenvalue weighted by molar-refractivity contribution is 7.98. The maximum Gasteiger partial charge on any atom is 0.254 e. The van der Waals surface area contributed by atoms with Crippen LogP contribution in [0, 0.1) is 0 Å². The summed E-state index contributed by atoms with van der Waals surface area (Å²) in [5, 5.41) is 6.86. The minimum atomic E-state index is -0.0617. The lowest BCUT2D eigenvalue weighted by atomic mass is 10.2. The fourth-order valence-corrected chi connectivity index (χ4v) is 2.46. The Kier molecular flexibility index (Phi) is 5.03. The van der Waals surface area contributed by atoms with Crippen LogP contribution in [0.1, 0.15) is 15.9 Å². The van der Waals surface area contributed by atoms with Gasteiger partial charge in [0, 0.05) is 31.3 Å². The van der Waals surface area contributed by atoms with Gasteiger partial charge in [0.15, 0.2) is 0 Å². The third-order valence-electron chi connectivity index (χ3n) is 2.61. The number of rotatable bonds is 6. The number of carbonyl (C=O) groups is 1. The second-order valence-electron chi connectivity index (χ2n) is 4.20. The van der Waals surface area contributed by atoms with Gasteiger partial charge < -0.3 is 5.32 Å². The molecule has 2 rings (SSSR count). The van der Waals surface area contributed by atoms with E-state index >= 15 is 0 Å². The summed E-state index contributed by atoms with van der Waals surface area (Å²) in [5.74, 6) is 1.82. The van der Waals surface area contributed by atoms with Gasteiger partial charge in [-0.05, 0) is 5.56 Å². The van der Waals surface area contributed by atoms with Crippen LogP contribution in [0.4, 0.5) is 0 Å². The highest BCUT2D eigenvalue weighted by Crippen LogP contribution is 2.10. The molecule has 1 N–H and O–H groups in total. The van der Waals surface area contributed by atoms with Gasteiger partial charge in [0.25, 0.3) is 5.91 Å². The van der Waals surface area contributed by atoms with Gasteiger partial charge >= 0.3 is 0 Å². The van der Waals surface area contributed by atoms with E-state index in [4.69, 9.17) is 0 Å². The molecule has 4 nitrogen and oxygen atoms in total. The van der Waals surface area contributed by atoms with Crippen LogP contribution in [-0.2, 0) is 12.8 Å². The van der Waals surface area contributed by atoms with E-state index in [2.05, 4.69) is 22.5 Å². The molecule has 0 unspecified atom stereocenters. The molecule has 0 spiro atoms. The van der Waals surface area contributed by atoms with Crippen molar-refractivity contribution in [3.63, 3.8) is 0 Å². The van der Waals surface area contributed by atoms with E-state index in [-0.39, 0.29) is 5.91 Å². The number of aromatic nitrogens is 2. The van der Waals surface area contributed by atoms with Crippen molar-refractivity contribution in [2.24, 2.45) is 7.05 Å². The van der Waals surface area contributed by atoms with E-state index in [1.54, 1.807) is 24.1 Å². The van der Waals surface area contributed by atoms with Gasteiger partial charge in [0.1, 0.15) is 0 Å². The molecule has 0 aliphatic rings. The molecule has 1 aromatic carbocycles. The summed E-state index contributed by atoms with van der Waals surface area (Å²) >= 11 is 1.81. The number of nitrogens with one attached hydrogen (secondary N) is 1. The number of aryl methyl sites for hydroxylation is 1. The molecule has 0 aliphatic carbocycles. The number of hydrogen-bond donors (Lipinski definition) is 1. The van der Waals surface area contributed by atoms with Crippen molar-refractivity contribution in [1.82, 2.24) is 15.1 Å². The summed E-state index contributed by atoms with van der Waals surface area (Å²) in [6.07, 6.45) is 3.29. The van der Waals surface area contributed by atoms with Crippen LogP contribution in [0.3, 0.4) is 0 Å². The zero-order chi connectivity index (χ0) is 13.5. The molecule has 0 atom stereocenters. The van der Waals surface area contributed by atoms with Crippen LogP contribution in [0.2, 0.25) is 0 Å². The first-order valence-electron chi connectivity index (χ1n) is 6.14. The number of nitrogens with zero attached hydrogens (tertiary/aromatic N) is 2. The summed E-state index contributed by atoms with van der Waals surface area (Å²) < 4.78 is 1.62. The monoisotopic (exact) mass is 275 g/mol. The molecule has 2 aromatic rings. The Hall–Kier alpha value is -1.75. The topological polar surface area (TPSA) is 46.9 Å². The number of benzene rings is 1. The summed E-state index contributed by atoms with van der Waals surface area (Å²) in [5.41, 5.74) is 1.92. The zero-order valence-corrected chi connectivity index (χ0v) is 11.7. The second kappa shape index (κ2) is 6.99. The van der Waals surface area contributed by atoms with E-state index in [9.17, 15) is 4.79 Å². The molecule has 0 saturated carbocycles. The van der Waals surface area contributed by atoms with Gasteiger partial charge in [0.2, 0.25) is 0 Å². The molecule has 19 heavy (non-hydrogen) atoms. The van der Waals surface area contributed by atoms with E-state index < -0.39 is 0 Å². The van der Waals surface area contributed by atoms with Crippen LogP contribution in [0.5, 0.6) is 0 Å². The highest BCUT2D eigenvalue weighted by Gasteiger charge is 2.06. The molecule has 1 aromatic heterocycles. The lowest BCUT2D eigenvalue weighted by molar-refractivity contribution is 0.0956. The van der Waals surface area contributed by atoms with Crippen molar-refractivity contribution in [3.8, 4) is 0 Å². The number of thioether (sulfide) groups is 1. The summed E-state index contributed by atoms with van der Waals surface area (Å²) in [7, 11) is 1.80. The van der Waals surface area contributed by atoms with E-state index in [1.807, 2.05) is 30.0 Å². The molecule has 0 bridgehead atoms. The largest absolute Gasteiger partial charge is 0.351 e. The van der Waals surface area contributed by atoms with E-state index in [0.717, 1.165) is 11.5 Å². The van der Waals surface area contributed by atoms with Crippen LogP contribution < -0.4 is 5.32 Å². The Morgan fingerprint density at radius 3 is 2.84 bits per heavy atom. The predicted octanol–water partition coefficient (Wildman–Crippen LogP) is 2.08. The number of hydrogen-bond acceptors (Lipinski definition) is 3. The van der Waals surface area contributed by atoms with Gasteiger partial charge in [-0.2, -0.15) is 16.9 Å². The highest BCUT2D eigenvalue weighted by atomic mass is 32.2. The molecule has 0 fully saturated rings. The molecular formula is C14H17N3OS. The Morgan fingerprint density at radius 1 is 1.37 bits per heavy atom. The molecule has 5 heteroatoms. The van der Waals surface area contributed by atoms with Crippen LogP contribution in [-0.4, -0.2) is 28.0 Å². The van der Waals surface area contributed by atoms with Crippen LogP contribution in [0.25, 0.3) is 0 Å². The molecular weight excluding hydrogens is 258 g/mol. The Labute approximate surface area is 117 Å². The molecule has 100 valence electrons. The molecule has 1 amide bonds. The maximum atomic E-state index is 11.7. The van der Waals surface area contributed by atoms with Gasteiger partial charge in [-0.3, -0.25) is 9.48 Å². The average Bonchev–Trinajstić information content (AvgIpc) is 2.86.